The summed E-state index contributed by atoms with van der Waals surface area (Å²) in [6.07, 6.45) is -8.64. The highest BCUT2D eigenvalue weighted by molar-refractivity contribution is 14.1. The van der Waals surface area contributed by atoms with Gasteiger partial charge in [0.2, 0.25) is 0 Å². The lowest BCUT2D eigenvalue weighted by Crippen LogP contribution is -2.40. The van der Waals surface area contributed by atoms with Crippen molar-refractivity contribution in [2.24, 2.45) is 0 Å². The molecule has 0 spiro atoms. The Morgan fingerprint density at radius 3 is 1.54 bits per heavy atom. The Kier molecular flexibility index (Phi) is 26.3. The Hall–Kier alpha value is -6.04. The highest BCUT2D eigenvalue weighted by Crippen LogP contribution is 2.63. The molecule has 16 atom stereocenters. The number of nitrogen functional groups attached to an aromatic ring is 2. The van der Waals surface area contributed by atoms with E-state index in [9.17, 15) is 58.7 Å². The molecule has 6 aromatic heterocycles. The lowest BCUT2D eigenvalue weighted by atomic mass is 10.1. The van der Waals surface area contributed by atoms with E-state index in [1.807, 2.05) is 22.6 Å². The van der Waals surface area contributed by atoms with E-state index in [4.69, 9.17) is 79.3 Å². The molecule has 0 aliphatic carbocycles. The van der Waals surface area contributed by atoms with Crippen LogP contribution in [0.4, 0.5) is 21.2 Å². The third-order valence-corrected chi connectivity index (χ3v) is 19.3. The van der Waals surface area contributed by atoms with Gasteiger partial charge in [0.15, 0.2) is 41.3 Å². The maximum atomic E-state index is 14.2. The highest BCUT2D eigenvalue weighted by atomic mass is 127. The number of halogens is 1. The largest absolute Gasteiger partial charge is 0.509 e. The van der Waals surface area contributed by atoms with Crippen LogP contribution in [-0.4, -0.2) is 220 Å². The van der Waals surface area contributed by atoms with Gasteiger partial charge in [-0.25, -0.2) is 53.6 Å². The number of rotatable bonds is 24. The van der Waals surface area contributed by atoms with Gasteiger partial charge in [-0.3, -0.25) is 51.4 Å². The summed E-state index contributed by atoms with van der Waals surface area (Å²) in [6.45, 7) is -3.62. The predicted molar refractivity (Wildman–Crippen MR) is 337 cm³/mol. The molecular weight excluding hydrogens is 1470 g/mol. The molecule has 11 N–H and O–H groups in total. The molecule has 4 fully saturated rings. The number of nitrogens with one attached hydrogen (secondary N) is 2. The van der Waals surface area contributed by atoms with Crippen LogP contribution >= 0.6 is 47.5 Å². The van der Waals surface area contributed by atoms with Gasteiger partial charge in [0, 0.05) is 63.0 Å². The number of aromatic amines is 2. The molecule has 4 aliphatic rings. The minimum Gasteiger partial charge on any atom is -0.432 e. The van der Waals surface area contributed by atoms with Crippen LogP contribution in [-0.2, 0) is 81.8 Å². The molecule has 4 saturated heterocycles. The minimum atomic E-state index is -4.38. The smallest absolute Gasteiger partial charge is 0.432 e. The fourth-order valence-electron chi connectivity index (χ4n) is 9.80. The van der Waals surface area contributed by atoms with Crippen molar-refractivity contribution in [3.05, 3.63) is 91.5 Å². The zero-order valence-corrected chi connectivity index (χ0v) is 56.6. The Balaban J connectivity index is 0.000000218. The number of hydrogen-bond acceptors (Lipinski definition) is 35. The lowest BCUT2D eigenvalue weighted by molar-refractivity contribution is -0.0625. The Morgan fingerprint density at radius 2 is 1.12 bits per heavy atom. The van der Waals surface area contributed by atoms with Crippen LogP contribution in [0.5, 0.6) is 0 Å². The zero-order chi connectivity index (χ0) is 69.1. The van der Waals surface area contributed by atoms with Gasteiger partial charge in [0.05, 0.1) is 63.5 Å². The summed E-state index contributed by atoms with van der Waals surface area (Å²) in [4.78, 5) is 110. The number of carbonyl (C=O) groups excluding carboxylic acids is 2. The number of ether oxygens (including phenoxy) is 10. The van der Waals surface area contributed by atoms with Crippen molar-refractivity contribution in [2.75, 3.05) is 62.7 Å². The first-order valence-corrected chi connectivity index (χ1v) is 35.7. The molecule has 10 rings (SSSR count). The van der Waals surface area contributed by atoms with Crippen molar-refractivity contribution in [1.82, 2.24) is 58.1 Å². The Labute approximate surface area is 558 Å². The molecule has 10 heterocycles. The zero-order valence-electron chi connectivity index (χ0n) is 51.0. The SMILES string of the molecule is CC(C)OC(=O)OCI.COC1[C@@H](OP(=O)(OC[C@H]2O[C@@H](n3cnc4c(N)ncnc43)C[C@H]2O)SCOC(=O)OC(C)C)[C@@H](CO)O[C@H]1n1ccc(=O)[nH]c1=O.COC1[C@@H](OP(O)(=S)OC[C@H]2O[C@@H](n3cnc4c(N)ncnc43)C[C@H]2O)[C@@H](CO)O[C@H]1n1ccc(=O)[nH]c1=O. The average molecular weight is 1540 g/mol. The fourth-order valence-corrected chi connectivity index (χ4v) is 14.3. The van der Waals surface area contributed by atoms with Crippen LogP contribution in [0.1, 0.15) is 65.4 Å². The number of nitrogens with zero attached hydrogens (tertiary/aromatic N) is 10. The first-order chi connectivity index (χ1) is 45.2. The molecule has 0 radical (unpaired) electrons. The molecular formula is C50H69IN14O26P2S2. The summed E-state index contributed by atoms with van der Waals surface area (Å²) in [7, 11) is 2.59. The third kappa shape index (κ3) is 18.8. The van der Waals surface area contributed by atoms with Crippen molar-refractivity contribution >= 4 is 106 Å². The second kappa shape index (κ2) is 33.5. The van der Waals surface area contributed by atoms with E-state index >= 15 is 0 Å². The predicted octanol–water partition coefficient (Wildman–Crippen LogP) is 0.345. The fraction of sp³-hybridized carbons (Fsp3) is 0.600. The van der Waals surface area contributed by atoms with Gasteiger partial charge in [-0.1, -0.05) is 0 Å². The first-order valence-electron chi connectivity index (χ1n) is 28.4. The maximum absolute atomic E-state index is 14.2. The van der Waals surface area contributed by atoms with E-state index in [0.29, 0.717) is 38.3 Å². The van der Waals surface area contributed by atoms with Crippen LogP contribution < -0.4 is 34.0 Å². The van der Waals surface area contributed by atoms with Crippen molar-refractivity contribution < 1.29 is 105 Å². The number of methoxy groups -OCH3 is 2. The van der Waals surface area contributed by atoms with Gasteiger partial charge in [-0.05, 0) is 62.1 Å². The Bertz CT molecular complexity index is 3920. The number of aliphatic hydroxyl groups is 4. The van der Waals surface area contributed by atoms with Gasteiger partial charge >= 0.3 is 37.2 Å². The van der Waals surface area contributed by atoms with Crippen LogP contribution in [0.3, 0.4) is 0 Å². The van der Waals surface area contributed by atoms with Gasteiger partial charge in [0.25, 0.3) is 11.1 Å². The molecule has 4 aliphatic heterocycles. The maximum Gasteiger partial charge on any atom is 0.509 e. The summed E-state index contributed by atoms with van der Waals surface area (Å²) in [5.74, 6) is -0.172. The van der Waals surface area contributed by atoms with Gasteiger partial charge in [0.1, 0.15) is 89.6 Å². The number of hydrogen-bond donors (Lipinski definition) is 9. The van der Waals surface area contributed by atoms with Crippen LogP contribution in [0.15, 0.2) is 69.0 Å². The molecule has 0 amide bonds. The third-order valence-electron chi connectivity index (χ3n) is 14.1. The summed E-state index contributed by atoms with van der Waals surface area (Å²) in [5, 5.41) is 41.3. The molecule has 0 saturated carbocycles. The normalized spacial score (nSPS) is 27.0. The summed E-state index contributed by atoms with van der Waals surface area (Å²) in [6, 6.07) is 2.21. The minimum absolute atomic E-state index is 0.0935. The van der Waals surface area contributed by atoms with Crippen molar-refractivity contribution in [1.29, 1.82) is 0 Å². The van der Waals surface area contributed by atoms with Crippen molar-refractivity contribution in [2.45, 2.75) is 139 Å². The Morgan fingerprint density at radius 1 is 0.674 bits per heavy atom. The lowest BCUT2D eigenvalue weighted by Gasteiger charge is -2.28. The second-order valence-corrected chi connectivity index (χ2v) is 28.5. The number of fused-ring (bicyclic) bond motifs is 2. The molecule has 524 valence electrons. The highest BCUT2D eigenvalue weighted by Gasteiger charge is 2.52. The van der Waals surface area contributed by atoms with Gasteiger partial charge in [-0.15, -0.1) is 0 Å². The van der Waals surface area contributed by atoms with E-state index in [0.717, 1.165) is 21.3 Å². The number of carbonyl (C=O) groups is 2. The van der Waals surface area contributed by atoms with Crippen LogP contribution in [0.2, 0.25) is 0 Å². The standard InChI is InChI=1S/C25H34N7O13PS.C20H26N7O10PS.C5H9IO3/c1-12(2)42-25(37)40-11-47-46(38,45-19-14(7-33)44-23(20(19)39-3)31-5-4-16(35)30-24(31)36)41-8-15-13(34)6-17(43-15)32-10-29-18-21(26)27-9-28-22(18)32;1-33-16-15(10(5-28)36-19(16)26-3-2-12(30)25-20(26)31)37-38(32,39)34-6-11-9(29)4-13(35-11)27-8-24-14-17(21)22-7-23-18(14)27;1-4(2)9-5(7)8-3-6/h4-5,9-10,12-15,17,19-20,23,33-34H,6-8,11H2,1-3H3,(H2,26,27,28)(H,30,35,36);2-3,7-11,13,15-16,19,28-29H,4-6H2,1H3,(H,32,39)(H2,21,22,23)(H,25,30,31);4H,3H2,1-2H3/t13-,14-,15-,17-,19+,20?,23-,46?;9-,10-,11-,13-,15+,16?,19-,38?;/m11./s1. The summed E-state index contributed by atoms with van der Waals surface area (Å²) in [5.41, 5.74) is 10.4. The number of aromatic nitrogens is 12. The van der Waals surface area contributed by atoms with E-state index in [1.165, 1.54) is 51.9 Å². The second-order valence-electron chi connectivity index (χ2n) is 21.1. The van der Waals surface area contributed by atoms with E-state index in [2.05, 4.69) is 49.3 Å². The van der Waals surface area contributed by atoms with E-state index in [-0.39, 0.29) is 37.2 Å². The number of anilines is 2. The number of alkyl halides is 1. The van der Waals surface area contributed by atoms with Crippen LogP contribution in [0, 0.1) is 0 Å². The number of imidazole rings is 2. The van der Waals surface area contributed by atoms with E-state index < -0.39 is 166 Å². The topological polar surface area (TPSA) is 531 Å². The van der Waals surface area contributed by atoms with Gasteiger partial charge in [-0.2, -0.15) is 0 Å². The molecule has 45 heteroatoms. The summed E-state index contributed by atoms with van der Waals surface area (Å²) >= 11 is 7.57. The molecule has 95 heavy (non-hydrogen) atoms. The number of aliphatic hydroxyl groups excluding tert-OH is 4. The van der Waals surface area contributed by atoms with Crippen molar-refractivity contribution in [3.63, 3.8) is 0 Å². The monoisotopic (exact) mass is 1530 g/mol. The number of H-pyrrole nitrogens is 2. The van der Waals surface area contributed by atoms with E-state index in [1.54, 1.807) is 36.8 Å². The molecule has 0 bridgehead atoms. The molecule has 6 aromatic rings. The molecule has 40 nitrogen and oxygen atoms in total. The van der Waals surface area contributed by atoms with Gasteiger partial charge < -0.3 is 88.7 Å². The molecule has 0 aromatic carbocycles. The van der Waals surface area contributed by atoms with Crippen molar-refractivity contribution in [3.8, 4) is 0 Å². The quantitative estimate of drug-likeness (QED) is 0.0130. The summed E-state index contributed by atoms with van der Waals surface area (Å²) < 4.78 is 96.1. The molecule has 4 unspecified atom stereocenters. The number of nitrogens with two attached hydrogens (primary N) is 2. The first kappa shape index (κ1) is 74.7. The average Bonchev–Trinajstić information content (AvgIpc) is 1.67. The van der Waals surface area contributed by atoms with Crippen LogP contribution in [0.25, 0.3) is 22.3 Å².